The Hall–Kier alpha value is -1.49. The normalized spacial score (nSPS) is 26.1. The third-order valence-electron chi connectivity index (χ3n) is 3.98. The predicted molar refractivity (Wildman–Crippen MR) is 74.5 cm³/mol. The molecule has 19 heavy (non-hydrogen) atoms. The highest BCUT2D eigenvalue weighted by Gasteiger charge is 2.51. The van der Waals surface area contributed by atoms with Crippen LogP contribution >= 0.6 is 11.8 Å². The minimum absolute atomic E-state index is 0.0386. The van der Waals surface area contributed by atoms with Crippen molar-refractivity contribution in [2.75, 3.05) is 7.11 Å². The Balaban J connectivity index is 1.75. The van der Waals surface area contributed by atoms with Gasteiger partial charge in [0.1, 0.15) is 11.0 Å². The van der Waals surface area contributed by atoms with Crippen molar-refractivity contribution in [1.82, 2.24) is 5.32 Å². The van der Waals surface area contributed by atoms with Crippen LogP contribution in [0.1, 0.15) is 19.3 Å². The zero-order valence-corrected chi connectivity index (χ0v) is 11.4. The van der Waals surface area contributed by atoms with Gasteiger partial charge in [0.2, 0.25) is 5.91 Å². The number of piperidine rings is 1. The van der Waals surface area contributed by atoms with Crippen LogP contribution in [-0.2, 0) is 4.79 Å². The van der Waals surface area contributed by atoms with Crippen LogP contribution in [-0.4, -0.2) is 29.5 Å². The second-order valence-corrected chi connectivity index (χ2v) is 6.53. The van der Waals surface area contributed by atoms with Crippen LogP contribution in [0.15, 0.2) is 28.1 Å². The van der Waals surface area contributed by atoms with Gasteiger partial charge in [-0.2, -0.15) is 0 Å². The maximum atomic E-state index is 12.2. The molecule has 5 heteroatoms. The number of nitrogens with one attached hydrogen (secondary N) is 1. The molecule has 4 nitrogen and oxygen atoms in total. The van der Waals surface area contributed by atoms with E-state index in [4.69, 9.17) is 9.73 Å². The lowest BCUT2D eigenvalue weighted by Gasteiger charge is -2.33. The molecule has 1 aromatic carbocycles. The molecule has 1 saturated carbocycles. The molecule has 1 spiro atoms. The summed E-state index contributed by atoms with van der Waals surface area (Å²) in [6, 6.07) is 5.84. The molecule has 1 N–H and O–H groups in total. The molecule has 4 rings (SSSR count). The largest absolute Gasteiger partial charge is 0.497 e. The summed E-state index contributed by atoms with van der Waals surface area (Å²) >= 11 is 1.58. The van der Waals surface area contributed by atoms with Crippen molar-refractivity contribution in [1.29, 1.82) is 0 Å². The van der Waals surface area contributed by atoms with E-state index in [1.807, 2.05) is 18.2 Å². The quantitative estimate of drug-likeness (QED) is 0.855. The molecule has 1 unspecified atom stereocenters. The molecular weight excluding hydrogens is 260 g/mol. The van der Waals surface area contributed by atoms with Crippen LogP contribution in [0, 0.1) is 0 Å². The van der Waals surface area contributed by atoms with Gasteiger partial charge in [0.15, 0.2) is 0 Å². The van der Waals surface area contributed by atoms with E-state index in [1.54, 1.807) is 18.9 Å². The van der Waals surface area contributed by atoms with Gasteiger partial charge in [0.05, 0.1) is 12.8 Å². The van der Waals surface area contributed by atoms with Gasteiger partial charge in [-0.25, -0.2) is 0 Å². The average Bonchev–Trinajstić information content (AvgIpc) is 3.15. The number of carbonyl (C=O) groups is 1. The first-order valence-electron chi connectivity index (χ1n) is 6.43. The van der Waals surface area contributed by atoms with Crippen LogP contribution < -0.4 is 10.1 Å². The van der Waals surface area contributed by atoms with Gasteiger partial charge in [-0.1, -0.05) is 0 Å². The summed E-state index contributed by atoms with van der Waals surface area (Å²) in [5, 5.41) is 2.99. The fourth-order valence-corrected chi connectivity index (χ4v) is 3.83. The SMILES string of the molecule is COc1ccc2c(c1)SC1C(=O)NC3(CC3)CC1=N2. The van der Waals surface area contributed by atoms with E-state index in [2.05, 4.69) is 5.32 Å². The molecule has 0 bridgehead atoms. The summed E-state index contributed by atoms with van der Waals surface area (Å²) in [6.07, 6.45) is 3.08. The fourth-order valence-electron chi connectivity index (χ4n) is 2.72. The number of hydrogen-bond donors (Lipinski definition) is 1. The van der Waals surface area contributed by atoms with Crippen molar-refractivity contribution in [2.45, 2.75) is 34.9 Å². The molecule has 1 saturated heterocycles. The third kappa shape index (κ3) is 1.75. The molecule has 0 radical (unpaired) electrons. The lowest BCUT2D eigenvalue weighted by atomic mass is 9.99. The van der Waals surface area contributed by atoms with Crippen molar-refractivity contribution >= 4 is 29.1 Å². The van der Waals surface area contributed by atoms with Crippen LogP contribution in [0.25, 0.3) is 0 Å². The maximum Gasteiger partial charge on any atom is 0.239 e. The Bertz CT molecular complexity index is 607. The number of carbonyl (C=O) groups excluding carboxylic acids is 1. The average molecular weight is 274 g/mol. The maximum absolute atomic E-state index is 12.2. The summed E-state index contributed by atoms with van der Waals surface area (Å²) in [5.74, 6) is 0.917. The van der Waals surface area contributed by atoms with Gasteiger partial charge in [0.25, 0.3) is 0 Å². The molecule has 2 heterocycles. The highest BCUT2D eigenvalue weighted by Crippen LogP contribution is 2.48. The zero-order valence-electron chi connectivity index (χ0n) is 10.6. The van der Waals surface area contributed by atoms with Crippen molar-refractivity contribution < 1.29 is 9.53 Å². The lowest BCUT2D eigenvalue weighted by molar-refractivity contribution is -0.121. The minimum Gasteiger partial charge on any atom is -0.497 e. The van der Waals surface area contributed by atoms with Gasteiger partial charge >= 0.3 is 0 Å². The van der Waals surface area contributed by atoms with E-state index in [0.29, 0.717) is 0 Å². The predicted octanol–water partition coefficient (Wildman–Crippen LogP) is 2.29. The first-order chi connectivity index (χ1) is 9.19. The number of aliphatic imine (C=N–C) groups is 1. The van der Waals surface area contributed by atoms with Crippen LogP contribution in [0.2, 0.25) is 0 Å². The Kier molecular flexibility index (Phi) is 2.24. The number of methoxy groups -OCH3 is 1. The van der Waals surface area contributed by atoms with Gasteiger partial charge in [0, 0.05) is 22.6 Å². The molecule has 1 aliphatic carbocycles. The summed E-state index contributed by atoms with van der Waals surface area (Å²) in [4.78, 5) is 17.9. The second kappa shape index (κ2) is 3.76. The van der Waals surface area contributed by atoms with E-state index in [0.717, 1.165) is 41.3 Å². The number of thioether (sulfide) groups is 1. The first-order valence-corrected chi connectivity index (χ1v) is 7.31. The van der Waals surface area contributed by atoms with Gasteiger partial charge in [-0.15, -0.1) is 11.8 Å². The number of rotatable bonds is 1. The number of amides is 1. The Labute approximate surface area is 115 Å². The third-order valence-corrected chi connectivity index (χ3v) is 5.28. The van der Waals surface area contributed by atoms with Crippen molar-refractivity contribution in [3.63, 3.8) is 0 Å². The van der Waals surface area contributed by atoms with Gasteiger partial charge in [-0.3, -0.25) is 9.79 Å². The number of benzene rings is 1. The summed E-state index contributed by atoms with van der Waals surface area (Å²) in [7, 11) is 1.65. The number of nitrogens with zero attached hydrogens (tertiary/aromatic N) is 1. The summed E-state index contributed by atoms with van der Waals surface area (Å²) in [5.41, 5.74) is 2.03. The smallest absolute Gasteiger partial charge is 0.239 e. The van der Waals surface area contributed by atoms with E-state index in [1.165, 1.54) is 0 Å². The minimum atomic E-state index is -0.161. The van der Waals surface area contributed by atoms with Crippen LogP contribution in [0.5, 0.6) is 5.75 Å². The topological polar surface area (TPSA) is 50.7 Å². The van der Waals surface area contributed by atoms with E-state index in [9.17, 15) is 4.79 Å². The standard InChI is InChI=1S/C14H14N2O2S/c1-18-8-2-3-9-11(6-8)19-12-10(15-9)7-14(4-5-14)16-13(12)17/h2-3,6,12H,4-5,7H2,1H3,(H,16,17). The van der Waals surface area contributed by atoms with Crippen LogP contribution in [0.4, 0.5) is 5.69 Å². The summed E-state index contributed by atoms with van der Waals surface area (Å²) < 4.78 is 5.22. The Morgan fingerprint density at radius 1 is 1.47 bits per heavy atom. The van der Waals surface area contributed by atoms with E-state index in [-0.39, 0.29) is 16.7 Å². The van der Waals surface area contributed by atoms with E-state index < -0.39 is 0 Å². The van der Waals surface area contributed by atoms with Crippen molar-refractivity contribution in [3.8, 4) is 5.75 Å². The highest BCUT2D eigenvalue weighted by molar-refractivity contribution is 8.01. The van der Waals surface area contributed by atoms with Crippen LogP contribution in [0.3, 0.4) is 0 Å². The van der Waals surface area contributed by atoms with Crippen molar-refractivity contribution in [2.24, 2.45) is 4.99 Å². The van der Waals surface area contributed by atoms with E-state index >= 15 is 0 Å². The molecule has 2 fully saturated rings. The molecule has 1 atom stereocenters. The zero-order chi connectivity index (χ0) is 13.0. The molecule has 2 aliphatic heterocycles. The van der Waals surface area contributed by atoms with Gasteiger partial charge in [-0.05, 0) is 31.0 Å². The highest BCUT2D eigenvalue weighted by atomic mass is 32.2. The number of fused-ring (bicyclic) bond motifs is 2. The Morgan fingerprint density at radius 2 is 2.32 bits per heavy atom. The Morgan fingerprint density at radius 3 is 3.05 bits per heavy atom. The monoisotopic (exact) mass is 274 g/mol. The molecule has 0 aromatic heterocycles. The van der Waals surface area contributed by atoms with Crippen molar-refractivity contribution in [3.05, 3.63) is 18.2 Å². The molecule has 1 amide bonds. The molecule has 1 aromatic rings. The molecule has 98 valence electrons. The second-order valence-electron chi connectivity index (χ2n) is 5.38. The fraction of sp³-hybridized carbons (Fsp3) is 0.429. The summed E-state index contributed by atoms with van der Waals surface area (Å²) in [6.45, 7) is 0. The lowest BCUT2D eigenvalue weighted by Crippen LogP contribution is -2.52. The first kappa shape index (κ1) is 11.3. The number of ether oxygens (including phenoxy) is 1. The molecule has 3 aliphatic rings. The molecular formula is C14H14N2O2S. The van der Waals surface area contributed by atoms with Gasteiger partial charge < -0.3 is 10.1 Å². The number of hydrogen-bond acceptors (Lipinski definition) is 4.